The van der Waals surface area contributed by atoms with E-state index in [1.54, 1.807) is 0 Å². The van der Waals surface area contributed by atoms with Gasteiger partial charge in [-0.05, 0) is 24.6 Å². The van der Waals surface area contributed by atoms with Crippen LogP contribution >= 0.6 is 15.9 Å². The Bertz CT molecular complexity index is 807. The third-order valence-electron chi connectivity index (χ3n) is 3.54. The number of benzene rings is 3. The van der Waals surface area contributed by atoms with Crippen molar-refractivity contribution in [2.45, 2.75) is 6.92 Å². The Morgan fingerprint density at radius 3 is 2.18 bits per heavy atom. The van der Waals surface area contributed by atoms with Crippen LogP contribution in [0.15, 0.2) is 88.3 Å². The summed E-state index contributed by atoms with van der Waals surface area (Å²) in [6.45, 7) is 2.04. The molecule has 0 heterocycles. The molecule has 0 saturated heterocycles. The molecular weight excluding hydrogens is 334 g/mol. The lowest BCUT2D eigenvalue weighted by Crippen LogP contribution is -1.95. The minimum atomic E-state index is 0.988. The van der Waals surface area contributed by atoms with Gasteiger partial charge in [0.25, 0.3) is 0 Å². The fraction of sp³-hybridized carbons (Fsp3) is 0.0500. The van der Waals surface area contributed by atoms with Gasteiger partial charge >= 0.3 is 0 Å². The lowest BCUT2D eigenvalue weighted by molar-refractivity contribution is 1.46. The van der Waals surface area contributed by atoms with Gasteiger partial charge in [-0.25, -0.2) is 0 Å². The maximum atomic E-state index is 4.85. The molecule has 0 N–H and O–H groups in total. The van der Waals surface area contributed by atoms with Crippen molar-refractivity contribution >= 4 is 27.3 Å². The molecule has 3 rings (SSSR count). The van der Waals surface area contributed by atoms with E-state index in [1.165, 1.54) is 5.56 Å². The van der Waals surface area contributed by atoms with E-state index in [-0.39, 0.29) is 0 Å². The van der Waals surface area contributed by atoms with Crippen LogP contribution in [0.5, 0.6) is 0 Å². The van der Waals surface area contributed by atoms with Crippen molar-refractivity contribution in [1.82, 2.24) is 0 Å². The van der Waals surface area contributed by atoms with Crippen molar-refractivity contribution in [2.24, 2.45) is 4.99 Å². The van der Waals surface area contributed by atoms with Gasteiger partial charge in [0.05, 0.1) is 5.69 Å². The smallest absolute Gasteiger partial charge is 0.0711 e. The zero-order chi connectivity index (χ0) is 15.4. The van der Waals surface area contributed by atoms with Crippen LogP contribution in [-0.4, -0.2) is 5.71 Å². The molecule has 0 radical (unpaired) electrons. The van der Waals surface area contributed by atoms with E-state index in [2.05, 4.69) is 64.5 Å². The van der Waals surface area contributed by atoms with Gasteiger partial charge in [-0.1, -0.05) is 82.7 Å². The van der Waals surface area contributed by atoms with Gasteiger partial charge in [0.2, 0.25) is 0 Å². The summed E-state index contributed by atoms with van der Waals surface area (Å²) in [6, 6.07) is 26.8. The number of aliphatic imine (C=N–C) groups is 1. The largest absolute Gasteiger partial charge is 0.252 e. The average molecular weight is 350 g/mol. The molecule has 108 valence electrons. The van der Waals surface area contributed by atoms with Crippen LogP contribution in [0, 0.1) is 0 Å². The molecule has 3 aromatic rings. The average Bonchev–Trinajstić information content (AvgIpc) is 2.56. The van der Waals surface area contributed by atoms with E-state index in [9.17, 15) is 0 Å². The maximum Gasteiger partial charge on any atom is 0.0711 e. The van der Waals surface area contributed by atoms with Crippen LogP contribution in [0.2, 0.25) is 0 Å². The Labute approximate surface area is 139 Å². The molecule has 22 heavy (non-hydrogen) atoms. The van der Waals surface area contributed by atoms with E-state index in [4.69, 9.17) is 4.99 Å². The molecule has 0 aliphatic carbocycles. The van der Waals surface area contributed by atoms with Crippen LogP contribution in [0.3, 0.4) is 0 Å². The molecule has 3 aromatic carbocycles. The van der Waals surface area contributed by atoms with E-state index >= 15 is 0 Å². The summed E-state index contributed by atoms with van der Waals surface area (Å²) >= 11 is 3.59. The van der Waals surface area contributed by atoms with Crippen LogP contribution in [0.4, 0.5) is 5.69 Å². The third kappa shape index (κ3) is 3.18. The molecule has 2 heteroatoms. The fourth-order valence-corrected chi connectivity index (χ4v) is 3.00. The highest BCUT2D eigenvalue weighted by Gasteiger charge is 2.06. The first-order valence-corrected chi connectivity index (χ1v) is 7.99. The first-order chi connectivity index (χ1) is 10.8. The van der Waals surface area contributed by atoms with Crippen LogP contribution in [-0.2, 0) is 0 Å². The molecule has 1 nitrogen and oxygen atoms in total. The van der Waals surface area contributed by atoms with Crippen molar-refractivity contribution in [2.75, 3.05) is 0 Å². The zero-order valence-electron chi connectivity index (χ0n) is 12.3. The lowest BCUT2D eigenvalue weighted by Gasteiger charge is -2.08. The van der Waals surface area contributed by atoms with E-state index in [1.807, 2.05) is 37.3 Å². The van der Waals surface area contributed by atoms with E-state index < -0.39 is 0 Å². The summed E-state index contributed by atoms with van der Waals surface area (Å²) in [4.78, 5) is 4.85. The summed E-state index contributed by atoms with van der Waals surface area (Å²) in [7, 11) is 0. The van der Waals surface area contributed by atoms with Crippen LogP contribution in [0.25, 0.3) is 11.1 Å². The number of rotatable bonds is 3. The van der Waals surface area contributed by atoms with Crippen molar-refractivity contribution < 1.29 is 0 Å². The highest BCUT2D eigenvalue weighted by atomic mass is 79.9. The van der Waals surface area contributed by atoms with Gasteiger partial charge in [-0.15, -0.1) is 0 Å². The molecule has 0 bridgehead atoms. The predicted octanol–water partition coefficient (Wildman–Crippen LogP) is 6.26. The van der Waals surface area contributed by atoms with Gasteiger partial charge in [-0.3, -0.25) is 4.99 Å². The summed E-state index contributed by atoms with van der Waals surface area (Å²) in [5, 5.41) is 0. The quantitative estimate of drug-likeness (QED) is 0.495. The number of para-hydroxylation sites is 1. The second kappa shape index (κ2) is 6.71. The molecule has 0 fully saturated rings. The summed E-state index contributed by atoms with van der Waals surface area (Å²) < 4.78 is 1.06. The van der Waals surface area contributed by atoms with Crippen molar-refractivity contribution in [3.8, 4) is 11.1 Å². The van der Waals surface area contributed by atoms with Crippen LogP contribution < -0.4 is 0 Å². The summed E-state index contributed by atoms with van der Waals surface area (Å²) in [5.41, 5.74) is 5.43. The molecule has 0 atom stereocenters. The highest BCUT2D eigenvalue weighted by molar-refractivity contribution is 9.10. The maximum absolute atomic E-state index is 4.85. The second-order valence-electron chi connectivity index (χ2n) is 5.06. The molecule has 0 amide bonds. The third-order valence-corrected chi connectivity index (χ3v) is 4.23. The van der Waals surface area contributed by atoms with Gasteiger partial charge in [-0.2, -0.15) is 0 Å². The number of halogens is 1. The Morgan fingerprint density at radius 1 is 0.773 bits per heavy atom. The van der Waals surface area contributed by atoms with E-state index in [0.29, 0.717) is 0 Å². The molecule has 0 unspecified atom stereocenters. The summed E-state index contributed by atoms with van der Waals surface area (Å²) in [6.07, 6.45) is 0. The van der Waals surface area contributed by atoms with Crippen molar-refractivity contribution in [3.05, 3.63) is 88.9 Å². The minimum absolute atomic E-state index is 0.988. The fourth-order valence-electron chi connectivity index (χ4n) is 2.43. The van der Waals surface area contributed by atoms with E-state index in [0.717, 1.165) is 27.0 Å². The topological polar surface area (TPSA) is 12.4 Å². The Hall–Kier alpha value is -2.19. The molecule has 0 spiro atoms. The van der Waals surface area contributed by atoms with Gasteiger partial charge in [0, 0.05) is 21.3 Å². The lowest BCUT2D eigenvalue weighted by atomic mass is 10.0. The second-order valence-corrected chi connectivity index (χ2v) is 5.91. The Balaban J connectivity index is 2.07. The van der Waals surface area contributed by atoms with Crippen molar-refractivity contribution in [1.29, 1.82) is 0 Å². The number of nitrogens with zero attached hydrogens (tertiary/aromatic N) is 1. The van der Waals surface area contributed by atoms with Crippen molar-refractivity contribution in [3.63, 3.8) is 0 Å². The van der Waals surface area contributed by atoms with Gasteiger partial charge in [0.15, 0.2) is 0 Å². The molecule has 0 saturated carbocycles. The first-order valence-electron chi connectivity index (χ1n) is 7.20. The Morgan fingerprint density at radius 2 is 1.41 bits per heavy atom. The van der Waals surface area contributed by atoms with Gasteiger partial charge < -0.3 is 0 Å². The zero-order valence-corrected chi connectivity index (χ0v) is 13.9. The molecule has 0 aromatic heterocycles. The standard InChI is InChI=1S/C20H16BrN/c1-15(17-11-5-7-13-19(17)21)22-20-14-8-6-12-18(20)16-9-3-2-4-10-16/h2-14H,1H3. The molecular formula is C20H16BrN. The van der Waals surface area contributed by atoms with Crippen LogP contribution in [0.1, 0.15) is 12.5 Å². The minimum Gasteiger partial charge on any atom is -0.252 e. The SMILES string of the molecule is CC(=Nc1ccccc1-c1ccccc1)c1ccccc1Br. The normalized spacial score (nSPS) is 11.5. The highest BCUT2D eigenvalue weighted by Crippen LogP contribution is 2.31. The monoisotopic (exact) mass is 349 g/mol. The summed E-state index contributed by atoms with van der Waals surface area (Å²) in [5.74, 6) is 0. The Kier molecular flexibility index (Phi) is 4.50. The molecule has 0 aliphatic rings. The number of hydrogen-bond donors (Lipinski definition) is 0. The first kappa shape index (κ1) is 14.7. The van der Waals surface area contributed by atoms with Gasteiger partial charge in [0.1, 0.15) is 0 Å². The molecule has 0 aliphatic heterocycles. The predicted molar refractivity (Wildman–Crippen MR) is 97.9 cm³/mol. The number of hydrogen-bond acceptors (Lipinski definition) is 1.